The van der Waals surface area contributed by atoms with Crippen molar-refractivity contribution < 1.29 is 0 Å². The van der Waals surface area contributed by atoms with Crippen LogP contribution >= 0.6 is 0 Å². The van der Waals surface area contributed by atoms with E-state index >= 15 is 0 Å². The van der Waals surface area contributed by atoms with Crippen LogP contribution in [0.5, 0.6) is 0 Å². The van der Waals surface area contributed by atoms with Gasteiger partial charge in [0.15, 0.2) is 0 Å². The van der Waals surface area contributed by atoms with Crippen LogP contribution in [0.25, 0.3) is 0 Å². The van der Waals surface area contributed by atoms with Gasteiger partial charge in [0, 0.05) is 38.9 Å². The van der Waals surface area contributed by atoms with Crippen LogP contribution in [0, 0.1) is 0 Å². The van der Waals surface area contributed by atoms with Crippen LogP contribution in [0.1, 0.15) is 0 Å². The van der Waals surface area contributed by atoms with Crippen LogP contribution in [0.2, 0.25) is 0 Å². The van der Waals surface area contributed by atoms with Gasteiger partial charge in [-0.15, -0.1) is 0 Å². The average Bonchev–Trinajstić information content (AvgIpc) is 2.04. The van der Waals surface area contributed by atoms with Crippen molar-refractivity contribution >= 4 is 0 Å². The molecule has 1 atom stereocenters. The molecule has 1 unspecified atom stereocenters. The Kier molecular flexibility index (Phi) is 3.08. The molecule has 0 spiro atoms. The van der Waals surface area contributed by atoms with E-state index in [-0.39, 0.29) is 0 Å². The maximum atomic E-state index is 5.53. The molecular weight excluding hydrogens is 128 g/mol. The Bertz CT molecular complexity index is 83.7. The minimum Gasteiger partial charge on any atom is -0.329 e. The highest BCUT2D eigenvalue weighted by molar-refractivity contribution is 4.78. The number of nitrogens with zero attached hydrogens (tertiary/aromatic N) is 1. The van der Waals surface area contributed by atoms with Crippen LogP contribution in [0.3, 0.4) is 0 Å². The second kappa shape index (κ2) is 3.88. The van der Waals surface area contributed by atoms with Crippen molar-refractivity contribution in [2.24, 2.45) is 11.5 Å². The maximum Gasteiger partial charge on any atom is 0.0459 e. The fourth-order valence-electron chi connectivity index (χ4n) is 1.28. The monoisotopic (exact) mass is 144 g/mol. The number of nitrogens with two attached hydrogens (primary N) is 2. The highest BCUT2D eigenvalue weighted by Crippen LogP contribution is 1.97. The summed E-state index contributed by atoms with van der Waals surface area (Å²) in [7, 11) is 0. The fourth-order valence-corrected chi connectivity index (χ4v) is 1.28. The van der Waals surface area contributed by atoms with Gasteiger partial charge in [-0.05, 0) is 0 Å². The largest absolute Gasteiger partial charge is 0.329 e. The van der Waals surface area contributed by atoms with Crippen molar-refractivity contribution in [2.45, 2.75) is 6.04 Å². The molecule has 0 aromatic rings. The SMILES string of the molecule is NCC1CNCCN1CN. The summed E-state index contributed by atoms with van der Waals surface area (Å²) in [4.78, 5) is 2.20. The third-order valence-corrected chi connectivity index (χ3v) is 1.98. The molecule has 60 valence electrons. The predicted molar refractivity (Wildman–Crippen MR) is 41.5 cm³/mol. The lowest BCUT2D eigenvalue weighted by Crippen LogP contribution is -2.55. The fraction of sp³-hybridized carbons (Fsp3) is 1.00. The van der Waals surface area contributed by atoms with Gasteiger partial charge in [-0.1, -0.05) is 0 Å². The van der Waals surface area contributed by atoms with E-state index in [4.69, 9.17) is 11.5 Å². The van der Waals surface area contributed by atoms with Gasteiger partial charge in [-0.3, -0.25) is 4.90 Å². The normalized spacial score (nSPS) is 28.8. The van der Waals surface area contributed by atoms with Crippen LogP contribution in [0.15, 0.2) is 0 Å². The number of piperazine rings is 1. The number of rotatable bonds is 2. The Morgan fingerprint density at radius 3 is 2.80 bits per heavy atom. The molecule has 0 radical (unpaired) electrons. The zero-order chi connectivity index (χ0) is 7.40. The minimum atomic E-state index is 0.443. The topological polar surface area (TPSA) is 67.3 Å². The van der Waals surface area contributed by atoms with E-state index in [1.165, 1.54) is 0 Å². The second-order valence-corrected chi connectivity index (χ2v) is 2.59. The molecule has 4 heteroatoms. The van der Waals surface area contributed by atoms with E-state index in [9.17, 15) is 0 Å². The van der Waals surface area contributed by atoms with Gasteiger partial charge in [0.05, 0.1) is 0 Å². The van der Waals surface area contributed by atoms with Crippen molar-refractivity contribution in [3.63, 3.8) is 0 Å². The zero-order valence-corrected chi connectivity index (χ0v) is 6.21. The Hall–Kier alpha value is -0.160. The standard InChI is InChI=1S/C6H16N4/c7-3-6-4-9-1-2-10(6)5-8/h6,9H,1-5,7-8H2. The first-order valence-corrected chi connectivity index (χ1v) is 3.73. The number of hydrogen-bond acceptors (Lipinski definition) is 4. The van der Waals surface area contributed by atoms with Gasteiger partial charge in [0.25, 0.3) is 0 Å². The molecule has 0 aliphatic carbocycles. The van der Waals surface area contributed by atoms with E-state index in [0.717, 1.165) is 19.6 Å². The molecule has 1 aliphatic heterocycles. The van der Waals surface area contributed by atoms with Crippen LogP contribution in [-0.2, 0) is 0 Å². The van der Waals surface area contributed by atoms with Gasteiger partial charge in [0.1, 0.15) is 0 Å². The summed E-state index contributed by atoms with van der Waals surface area (Å²) in [6, 6.07) is 0.443. The molecule has 0 saturated carbocycles. The predicted octanol–water partition coefficient (Wildman–Crippen LogP) is -1.86. The molecule has 1 saturated heterocycles. The Balaban J connectivity index is 2.34. The highest BCUT2D eigenvalue weighted by atomic mass is 15.3. The number of nitrogens with one attached hydrogen (secondary N) is 1. The summed E-state index contributed by atoms with van der Waals surface area (Å²) in [5.74, 6) is 0. The molecule has 0 aromatic heterocycles. The van der Waals surface area contributed by atoms with Gasteiger partial charge in [0.2, 0.25) is 0 Å². The molecule has 0 bridgehead atoms. The molecule has 4 nitrogen and oxygen atoms in total. The van der Waals surface area contributed by atoms with Crippen molar-refractivity contribution in [1.29, 1.82) is 0 Å². The Morgan fingerprint density at radius 2 is 2.30 bits per heavy atom. The van der Waals surface area contributed by atoms with E-state index in [2.05, 4.69) is 10.2 Å². The van der Waals surface area contributed by atoms with Crippen molar-refractivity contribution in [1.82, 2.24) is 10.2 Å². The molecule has 10 heavy (non-hydrogen) atoms. The van der Waals surface area contributed by atoms with Gasteiger partial charge in [-0.2, -0.15) is 0 Å². The Morgan fingerprint density at radius 1 is 1.50 bits per heavy atom. The summed E-state index contributed by atoms with van der Waals surface area (Å²) in [6.45, 7) is 4.37. The van der Waals surface area contributed by atoms with Gasteiger partial charge < -0.3 is 16.8 Å². The van der Waals surface area contributed by atoms with Gasteiger partial charge in [-0.25, -0.2) is 0 Å². The number of hydrogen-bond donors (Lipinski definition) is 3. The first kappa shape index (κ1) is 7.94. The van der Waals surface area contributed by atoms with Crippen LogP contribution in [-0.4, -0.2) is 43.8 Å². The minimum absolute atomic E-state index is 0.443. The molecule has 0 aromatic carbocycles. The third-order valence-electron chi connectivity index (χ3n) is 1.98. The molecule has 1 aliphatic rings. The highest BCUT2D eigenvalue weighted by Gasteiger charge is 2.18. The first-order chi connectivity index (χ1) is 4.88. The first-order valence-electron chi connectivity index (χ1n) is 3.73. The van der Waals surface area contributed by atoms with E-state index in [1.54, 1.807) is 0 Å². The lowest BCUT2D eigenvalue weighted by molar-refractivity contribution is 0.170. The molecule has 0 amide bonds. The third kappa shape index (κ3) is 1.67. The van der Waals surface area contributed by atoms with Crippen molar-refractivity contribution in [3.8, 4) is 0 Å². The van der Waals surface area contributed by atoms with Crippen molar-refractivity contribution in [3.05, 3.63) is 0 Å². The summed E-state index contributed by atoms with van der Waals surface area (Å²) < 4.78 is 0. The molecule has 1 fully saturated rings. The van der Waals surface area contributed by atoms with E-state index < -0.39 is 0 Å². The smallest absolute Gasteiger partial charge is 0.0459 e. The summed E-state index contributed by atoms with van der Waals surface area (Å²) in [6.07, 6.45) is 0. The second-order valence-electron chi connectivity index (χ2n) is 2.59. The lowest BCUT2D eigenvalue weighted by atomic mass is 10.2. The zero-order valence-electron chi connectivity index (χ0n) is 6.21. The molecular formula is C6H16N4. The molecule has 1 rings (SSSR count). The average molecular weight is 144 g/mol. The lowest BCUT2D eigenvalue weighted by Gasteiger charge is -2.34. The maximum absolute atomic E-state index is 5.53. The van der Waals surface area contributed by atoms with E-state index in [1.807, 2.05) is 0 Å². The van der Waals surface area contributed by atoms with Crippen molar-refractivity contribution in [2.75, 3.05) is 32.8 Å². The molecule has 1 heterocycles. The summed E-state index contributed by atoms with van der Waals surface area (Å²) in [5, 5.41) is 3.27. The van der Waals surface area contributed by atoms with Gasteiger partial charge >= 0.3 is 0 Å². The summed E-state index contributed by atoms with van der Waals surface area (Å²) >= 11 is 0. The van der Waals surface area contributed by atoms with Crippen LogP contribution < -0.4 is 16.8 Å². The van der Waals surface area contributed by atoms with Crippen LogP contribution in [0.4, 0.5) is 0 Å². The quantitative estimate of drug-likeness (QED) is 0.425. The molecule has 5 N–H and O–H groups in total. The Labute approximate surface area is 61.5 Å². The van der Waals surface area contributed by atoms with E-state index in [0.29, 0.717) is 19.3 Å². The summed E-state index contributed by atoms with van der Waals surface area (Å²) in [5.41, 5.74) is 11.0.